The minimum atomic E-state index is -5.08. The van der Waals surface area contributed by atoms with Gasteiger partial charge in [0.2, 0.25) is 5.95 Å². The zero-order valence-electron chi connectivity index (χ0n) is 18.2. The molecule has 2 aromatic carbocycles. The van der Waals surface area contributed by atoms with Gasteiger partial charge in [-0.1, -0.05) is 35.0 Å². The highest BCUT2D eigenvalue weighted by molar-refractivity contribution is 7.92. The molecule has 16 heteroatoms. The Balaban J connectivity index is 0.000000604. The van der Waals surface area contributed by atoms with E-state index >= 15 is 0 Å². The topological polar surface area (TPSA) is 121 Å². The van der Waals surface area contributed by atoms with Crippen molar-refractivity contribution in [2.75, 3.05) is 17.1 Å². The number of nitrogens with one attached hydrogen (secondary N) is 2. The standard InChI is InChI=1S/C19H12Cl2F2N4O2S.C2HF3O2/c1-24-19-25-9-11(10-26-19)2-4-13-15(22)6-7-16(18(13)23)27-30(28,29)17-8-12(20)3-5-14(17)21;3-2(4,5)1(6)7/h3,5-10,27H,1H3,(H,24,25,26);(H,6,7). The van der Waals surface area contributed by atoms with Gasteiger partial charge in [0.15, 0.2) is 5.82 Å². The summed E-state index contributed by atoms with van der Waals surface area (Å²) in [6.45, 7) is 0. The molecule has 37 heavy (non-hydrogen) atoms. The van der Waals surface area contributed by atoms with Crippen LogP contribution in [-0.2, 0) is 14.8 Å². The summed E-state index contributed by atoms with van der Waals surface area (Å²) in [7, 11) is -2.66. The van der Waals surface area contributed by atoms with Crippen molar-refractivity contribution >= 4 is 50.8 Å². The van der Waals surface area contributed by atoms with E-state index in [1.165, 1.54) is 24.5 Å². The van der Waals surface area contributed by atoms with Crippen molar-refractivity contribution in [3.63, 3.8) is 0 Å². The maximum atomic E-state index is 14.8. The number of hydrogen-bond donors (Lipinski definition) is 3. The first-order valence-electron chi connectivity index (χ1n) is 9.43. The van der Waals surface area contributed by atoms with E-state index in [0.717, 1.165) is 18.2 Å². The first-order valence-corrected chi connectivity index (χ1v) is 11.7. The number of carboxylic acid groups (broad SMARTS) is 1. The molecule has 0 atom stereocenters. The van der Waals surface area contributed by atoms with Gasteiger partial charge in [0.25, 0.3) is 10.0 Å². The van der Waals surface area contributed by atoms with Gasteiger partial charge in [-0.2, -0.15) is 13.2 Å². The molecule has 0 saturated carbocycles. The normalized spacial score (nSPS) is 10.9. The largest absolute Gasteiger partial charge is 0.490 e. The molecule has 0 aliphatic heterocycles. The number of carbonyl (C=O) groups is 1. The van der Waals surface area contributed by atoms with Gasteiger partial charge in [-0.3, -0.25) is 4.72 Å². The number of aromatic nitrogens is 2. The molecule has 0 bridgehead atoms. The zero-order valence-corrected chi connectivity index (χ0v) is 20.5. The van der Waals surface area contributed by atoms with E-state index in [0.29, 0.717) is 11.5 Å². The molecule has 0 fully saturated rings. The summed E-state index contributed by atoms with van der Waals surface area (Å²) in [6, 6.07) is 5.64. The van der Waals surface area contributed by atoms with Gasteiger partial charge in [0, 0.05) is 24.5 Å². The smallest absolute Gasteiger partial charge is 0.475 e. The minimum absolute atomic E-state index is 0.112. The van der Waals surface area contributed by atoms with Crippen LogP contribution in [0, 0.1) is 23.5 Å². The second kappa shape index (κ2) is 12.0. The molecule has 1 heterocycles. The van der Waals surface area contributed by atoms with Crippen molar-refractivity contribution in [3.05, 3.63) is 75.5 Å². The fourth-order valence-electron chi connectivity index (χ4n) is 2.29. The SMILES string of the molecule is CNc1ncc(C#Cc2c(F)ccc(NS(=O)(=O)c3cc(Cl)ccc3Cl)c2F)cn1.O=C(O)C(F)(F)F. The molecule has 196 valence electrons. The molecule has 0 aliphatic carbocycles. The molecule has 0 saturated heterocycles. The molecule has 0 radical (unpaired) electrons. The van der Waals surface area contributed by atoms with Crippen molar-refractivity contribution < 1.29 is 40.3 Å². The quantitative estimate of drug-likeness (QED) is 0.294. The third-order valence-electron chi connectivity index (χ3n) is 3.97. The van der Waals surface area contributed by atoms with Gasteiger partial charge in [-0.25, -0.2) is 32.0 Å². The summed E-state index contributed by atoms with van der Waals surface area (Å²) in [5.74, 6) is 0.326. The maximum Gasteiger partial charge on any atom is 0.490 e. The summed E-state index contributed by atoms with van der Waals surface area (Å²) in [6.07, 6.45) is -2.34. The number of hydrogen-bond acceptors (Lipinski definition) is 6. The molecule has 1 aromatic heterocycles. The number of benzene rings is 2. The van der Waals surface area contributed by atoms with Crippen LogP contribution in [0.5, 0.6) is 0 Å². The number of carboxylic acids is 1. The summed E-state index contributed by atoms with van der Waals surface area (Å²) in [5, 5.41) is 9.86. The monoisotopic (exact) mass is 582 g/mol. The lowest BCUT2D eigenvalue weighted by atomic mass is 10.1. The molecule has 0 unspecified atom stereocenters. The second-order valence-corrected chi connectivity index (χ2v) is 9.06. The van der Waals surface area contributed by atoms with Gasteiger partial charge in [-0.05, 0) is 30.3 Å². The molecular weight excluding hydrogens is 570 g/mol. The van der Waals surface area contributed by atoms with Crippen LogP contribution in [0.25, 0.3) is 0 Å². The predicted molar refractivity (Wildman–Crippen MR) is 125 cm³/mol. The summed E-state index contributed by atoms with van der Waals surface area (Å²) in [4.78, 5) is 16.4. The minimum Gasteiger partial charge on any atom is -0.475 e. The summed E-state index contributed by atoms with van der Waals surface area (Å²) in [5.41, 5.74) is -0.812. The zero-order chi connectivity index (χ0) is 28.0. The van der Waals surface area contributed by atoms with Crippen LogP contribution in [-0.4, -0.2) is 42.7 Å². The van der Waals surface area contributed by atoms with Crippen LogP contribution < -0.4 is 10.0 Å². The first kappa shape index (κ1) is 29.6. The van der Waals surface area contributed by atoms with Crippen LogP contribution in [0.2, 0.25) is 10.0 Å². The van der Waals surface area contributed by atoms with Crippen LogP contribution >= 0.6 is 23.2 Å². The van der Waals surface area contributed by atoms with Crippen molar-refractivity contribution in [2.45, 2.75) is 11.1 Å². The van der Waals surface area contributed by atoms with E-state index in [2.05, 4.69) is 27.1 Å². The van der Waals surface area contributed by atoms with Crippen LogP contribution in [0.15, 0.2) is 47.6 Å². The van der Waals surface area contributed by atoms with Crippen LogP contribution in [0.4, 0.5) is 33.6 Å². The van der Waals surface area contributed by atoms with Crippen molar-refractivity contribution in [1.29, 1.82) is 0 Å². The fourth-order valence-corrected chi connectivity index (χ4v) is 4.11. The highest BCUT2D eigenvalue weighted by atomic mass is 35.5. The van der Waals surface area contributed by atoms with E-state index in [1.54, 1.807) is 7.05 Å². The number of halogens is 7. The van der Waals surface area contributed by atoms with E-state index < -0.39 is 45.1 Å². The van der Waals surface area contributed by atoms with E-state index in [1.807, 2.05) is 4.72 Å². The number of sulfonamides is 1. The Kier molecular flexibility index (Phi) is 9.62. The molecular formula is C21H13Cl2F5N4O4S. The van der Waals surface area contributed by atoms with Gasteiger partial charge in [0.05, 0.1) is 21.8 Å². The van der Waals surface area contributed by atoms with Gasteiger partial charge in [-0.15, -0.1) is 0 Å². The molecule has 0 amide bonds. The van der Waals surface area contributed by atoms with Crippen molar-refractivity contribution in [3.8, 4) is 11.8 Å². The third kappa shape index (κ3) is 8.17. The average molecular weight is 583 g/mol. The van der Waals surface area contributed by atoms with Gasteiger partial charge in [0.1, 0.15) is 10.7 Å². The van der Waals surface area contributed by atoms with Crippen molar-refractivity contribution in [1.82, 2.24) is 9.97 Å². The Morgan fingerprint density at radius 3 is 2.19 bits per heavy atom. The molecule has 3 rings (SSSR count). The highest BCUT2D eigenvalue weighted by Crippen LogP contribution is 2.29. The number of alkyl halides is 3. The Hall–Kier alpha value is -3.67. The van der Waals surface area contributed by atoms with Gasteiger partial charge < -0.3 is 10.4 Å². The lowest BCUT2D eigenvalue weighted by Gasteiger charge is -2.11. The molecule has 0 spiro atoms. The van der Waals surface area contributed by atoms with Gasteiger partial charge >= 0.3 is 12.1 Å². The van der Waals surface area contributed by atoms with Crippen molar-refractivity contribution in [2.24, 2.45) is 0 Å². The Bertz CT molecular complexity index is 1480. The second-order valence-electron chi connectivity index (χ2n) is 6.56. The van der Waals surface area contributed by atoms with E-state index in [9.17, 15) is 30.4 Å². The summed E-state index contributed by atoms with van der Waals surface area (Å²) < 4.78 is 87.9. The van der Waals surface area contributed by atoms with Crippen LogP contribution in [0.1, 0.15) is 11.1 Å². The maximum absolute atomic E-state index is 14.8. The summed E-state index contributed by atoms with van der Waals surface area (Å²) >= 11 is 11.7. The number of nitrogens with zero attached hydrogens (tertiary/aromatic N) is 2. The molecule has 3 N–H and O–H groups in total. The molecule has 0 aliphatic rings. The lowest BCUT2D eigenvalue weighted by molar-refractivity contribution is -0.192. The van der Waals surface area contributed by atoms with E-state index in [4.69, 9.17) is 33.1 Å². The third-order valence-corrected chi connectivity index (χ3v) is 6.05. The fraction of sp³-hybridized carbons (Fsp3) is 0.0952. The number of aliphatic carboxylic acids is 1. The van der Waals surface area contributed by atoms with Crippen LogP contribution in [0.3, 0.4) is 0 Å². The lowest BCUT2D eigenvalue weighted by Crippen LogP contribution is -2.21. The first-order chi connectivity index (χ1) is 17.2. The average Bonchev–Trinajstić information content (AvgIpc) is 2.82. The number of anilines is 2. The highest BCUT2D eigenvalue weighted by Gasteiger charge is 2.38. The Labute approximate surface area is 216 Å². The van der Waals surface area contributed by atoms with E-state index in [-0.39, 0.29) is 14.9 Å². The molecule has 3 aromatic rings. The number of rotatable bonds is 4. The predicted octanol–water partition coefficient (Wildman–Crippen LogP) is 4.94. The Morgan fingerprint density at radius 2 is 1.65 bits per heavy atom. The molecule has 8 nitrogen and oxygen atoms in total. The Morgan fingerprint density at radius 1 is 1.05 bits per heavy atom.